The number of para-hydroxylation sites is 1. The van der Waals surface area contributed by atoms with E-state index >= 15 is 0 Å². The van der Waals surface area contributed by atoms with Crippen molar-refractivity contribution in [2.75, 3.05) is 5.73 Å². The van der Waals surface area contributed by atoms with Gasteiger partial charge in [0.2, 0.25) is 0 Å². The summed E-state index contributed by atoms with van der Waals surface area (Å²) in [6.07, 6.45) is 0.882. The Labute approximate surface area is 112 Å². The number of furan rings is 1. The molecule has 3 rings (SSSR count). The second-order valence-electron chi connectivity index (χ2n) is 4.82. The van der Waals surface area contributed by atoms with Gasteiger partial charge in [0.05, 0.1) is 0 Å². The molecule has 0 spiro atoms. The molecule has 0 aliphatic carbocycles. The molecule has 0 saturated carbocycles. The highest BCUT2D eigenvalue weighted by Crippen LogP contribution is 2.36. The standard InChI is InChI=1S/C17H17NO/c1-3-15-17(12-8-9-14(18)11(2)10-12)13-6-4-5-7-16(13)19-15/h4-10H,3,18H2,1-2H3. The van der Waals surface area contributed by atoms with E-state index in [0.717, 1.165) is 29.0 Å². The molecule has 0 atom stereocenters. The highest BCUT2D eigenvalue weighted by atomic mass is 16.3. The number of rotatable bonds is 2. The van der Waals surface area contributed by atoms with Crippen LogP contribution in [0.2, 0.25) is 0 Å². The van der Waals surface area contributed by atoms with Crippen LogP contribution in [-0.4, -0.2) is 0 Å². The highest BCUT2D eigenvalue weighted by molar-refractivity contribution is 5.96. The molecular weight excluding hydrogens is 234 g/mol. The Morgan fingerprint density at radius 3 is 2.63 bits per heavy atom. The third-order valence-corrected chi connectivity index (χ3v) is 3.55. The van der Waals surface area contributed by atoms with Crippen LogP contribution in [-0.2, 0) is 6.42 Å². The van der Waals surface area contributed by atoms with Crippen molar-refractivity contribution < 1.29 is 4.42 Å². The summed E-state index contributed by atoms with van der Waals surface area (Å²) in [6, 6.07) is 14.3. The highest BCUT2D eigenvalue weighted by Gasteiger charge is 2.14. The van der Waals surface area contributed by atoms with E-state index in [-0.39, 0.29) is 0 Å². The lowest BCUT2D eigenvalue weighted by atomic mass is 9.99. The Morgan fingerprint density at radius 2 is 1.89 bits per heavy atom. The van der Waals surface area contributed by atoms with Gasteiger partial charge >= 0.3 is 0 Å². The maximum absolute atomic E-state index is 5.94. The van der Waals surface area contributed by atoms with Crippen LogP contribution in [0, 0.1) is 6.92 Å². The molecule has 1 heterocycles. The van der Waals surface area contributed by atoms with Gasteiger partial charge in [-0.1, -0.05) is 31.2 Å². The molecule has 1 aromatic heterocycles. The fourth-order valence-electron chi connectivity index (χ4n) is 2.49. The Kier molecular flexibility index (Phi) is 2.79. The molecule has 2 nitrogen and oxygen atoms in total. The van der Waals surface area contributed by atoms with Gasteiger partial charge in [0.1, 0.15) is 11.3 Å². The first-order chi connectivity index (χ1) is 9.20. The first kappa shape index (κ1) is 11.8. The van der Waals surface area contributed by atoms with Crippen LogP contribution in [0.5, 0.6) is 0 Å². The van der Waals surface area contributed by atoms with Gasteiger partial charge in [0.15, 0.2) is 0 Å². The minimum absolute atomic E-state index is 0.828. The third-order valence-electron chi connectivity index (χ3n) is 3.55. The van der Waals surface area contributed by atoms with Gasteiger partial charge in [-0.3, -0.25) is 0 Å². The smallest absolute Gasteiger partial charge is 0.134 e. The zero-order valence-electron chi connectivity index (χ0n) is 11.2. The molecule has 0 radical (unpaired) electrons. The van der Waals surface area contributed by atoms with Gasteiger partial charge in [0, 0.05) is 23.1 Å². The SMILES string of the molecule is CCc1oc2ccccc2c1-c1ccc(N)c(C)c1. The zero-order valence-corrected chi connectivity index (χ0v) is 11.2. The van der Waals surface area contributed by atoms with Crippen LogP contribution in [0.25, 0.3) is 22.1 Å². The van der Waals surface area contributed by atoms with E-state index in [1.165, 1.54) is 16.5 Å². The molecule has 0 aliphatic heterocycles. The number of nitrogens with two attached hydrogens (primary N) is 1. The topological polar surface area (TPSA) is 39.2 Å². The van der Waals surface area contributed by atoms with E-state index in [0.29, 0.717) is 0 Å². The number of anilines is 1. The van der Waals surface area contributed by atoms with Crippen LogP contribution in [0.1, 0.15) is 18.2 Å². The predicted octanol–water partition coefficient (Wildman–Crippen LogP) is 4.55. The largest absolute Gasteiger partial charge is 0.460 e. The Hall–Kier alpha value is -2.22. The van der Waals surface area contributed by atoms with Crippen molar-refractivity contribution in [1.29, 1.82) is 0 Å². The molecule has 0 fully saturated rings. The minimum atomic E-state index is 0.828. The molecular formula is C17H17NO. The Morgan fingerprint density at radius 1 is 1.11 bits per heavy atom. The lowest BCUT2D eigenvalue weighted by molar-refractivity contribution is 0.558. The summed E-state index contributed by atoms with van der Waals surface area (Å²) in [7, 11) is 0. The fraction of sp³-hybridized carbons (Fsp3) is 0.176. The molecule has 19 heavy (non-hydrogen) atoms. The van der Waals surface area contributed by atoms with E-state index in [2.05, 4.69) is 25.1 Å². The van der Waals surface area contributed by atoms with Gasteiger partial charge in [-0.25, -0.2) is 0 Å². The van der Waals surface area contributed by atoms with E-state index in [9.17, 15) is 0 Å². The van der Waals surface area contributed by atoms with E-state index in [1.54, 1.807) is 0 Å². The molecule has 0 unspecified atom stereocenters. The van der Waals surface area contributed by atoms with Gasteiger partial charge < -0.3 is 10.2 Å². The normalized spacial score (nSPS) is 11.1. The molecule has 0 amide bonds. The van der Waals surface area contributed by atoms with Gasteiger partial charge in [-0.05, 0) is 36.2 Å². The molecule has 0 saturated heterocycles. The average molecular weight is 251 g/mol. The second-order valence-corrected chi connectivity index (χ2v) is 4.82. The summed E-state index contributed by atoms with van der Waals surface area (Å²) in [4.78, 5) is 0. The van der Waals surface area contributed by atoms with Crippen molar-refractivity contribution in [2.45, 2.75) is 20.3 Å². The van der Waals surface area contributed by atoms with Crippen molar-refractivity contribution in [3.05, 3.63) is 53.8 Å². The predicted molar refractivity (Wildman–Crippen MR) is 80.2 cm³/mol. The van der Waals surface area contributed by atoms with Crippen LogP contribution < -0.4 is 5.73 Å². The van der Waals surface area contributed by atoms with E-state index in [1.807, 2.05) is 31.2 Å². The van der Waals surface area contributed by atoms with Crippen LogP contribution in [0.4, 0.5) is 5.69 Å². The molecule has 2 N–H and O–H groups in total. The first-order valence-corrected chi connectivity index (χ1v) is 6.57. The summed E-state index contributed by atoms with van der Waals surface area (Å²) in [5.41, 5.74) is 11.1. The number of aryl methyl sites for hydroxylation is 2. The van der Waals surface area contributed by atoms with Gasteiger partial charge in [-0.2, -0.15) is 0 Å². The number of hydrogen-bond donors (Lipinski definition) is 1. The first-order valence-electron chi connectivity index (χ1n) is 6.57. The maximum atomic E-state index is 5.94. The number of fused-ring (bicyclic) bond motifs is 1. The summed E-state index contributed by atoms with van der Waals surface area (Å²) in [6.45, 7) is 4.15. The average Bonchev–Trinajstić information content (AvgIpc) is 2.80. The Balaban J connectivity index is 2.31. The van der Waals surface area contributed by atoms with E-state index < -0.39 is 0 Å². The van der Waals surface area contributed by atoms with Crippen LogP contribution >= 0.6 is 0 Å². The van der Waals surface area contributed by atoms with Crippen molar-refractivity contribution in [1.82, 2.24) is 0 Å². The number of hydrogen-bond acceptors (Lipinski definition) is 2. The quantitative estimate of drug-likeness (QED) is 0.678. The lowest BCUT2D eigenvalue weighted by Crippen LogP contribution is -1.90. The number of nitrogen functional groups attached to an aromatic ring is 1. The van der Waals surface area contributed by atoms with Gasteiger partial charge in [0.25, 0.3) is 0 Å². The molecule has 2 heteroatoms. The van der Waals surface area contributed by atoms with Crippen molar-refractivity contribution >= 4 is 16.7 Å². The van der Waals surface area contributed by atoms with Crippen molar-refractivity contribution in [3.8, 4) is 11.1 Å². The number of benzene rings is 2. The van der Waals surface area contributed by atoms with E-state index in [4.69, 9.17) is 10.2 Å². The summed E-state index contributed by atoms with van der Waals surface area (Å²) in [5.74, 6) is 1.03. The summed E-state index contributed by atoms with van der Waals surface area (Å²) < 4.78 is 5.94. The third kappa shape index (κ3) is 1.89. The fourth-order valence-corrected chi connectivity index (χ4v) is 2.49. The van der Waals surface area contributed by atoms with Crippen LogP contribution in [0.15, 0.2) is 46.9 Å². The molecule has 0 bridgehead atoms. The van der Waals surface area contributed by atoms with Crippen molar-refractivity contribution in [2.24, 2.45) is 0 Å². The second kappa shape index (κ2) is 4.47. The molecule has 2 aromatic carbocycles. The summed E-state index contributed by atoms with van der Waals surface area (Å²) in [5, 5.41) is 1.17. The lowest BCUT2D eigenvalue weighted by Gasteiger charge is -2.05. The molecule has 96 valence electrons. The monoisotopic (exact) mass is 251 g/mol. The van der Waals surface area contributed by atoms with Crippen LogP contribution in [0.3, 0.4) is 0 Å². The zero-order chi connectivity index (χ0) is 13.4. The maximum Gasteiger partial charge on any atom is 0.134 e. The Bertz CT molecular complexity index is 740. The molecule has 0 aliphatic rings. The van der Waals surface area contributed by atoms with Crippen molar-refractivity contribution in [3.63, 3.8) is 0 Å². The van der Waals surface area contributed by atoms with Gasteiger partial charge in [-0.15, -0.1) is 0 Å². The molecule has 3 aromatic rings. The summed E-state index contributed by atoms with van der Waals surface area (Å²) >= 11 is 0. The minimum Gasteiger partial charge on any atom is -0.460 e.